The van der Waals surface area contributed by atoms with Crippen LogP contribution >= 0.6 is 0 Å². The Bertz CT molecular complexity index is 2420. The number of nitrogens with zero attached hydrogens (tertiary/aromatic N) is 10. The van der Waals surface area contributed by atoms with Gasteiger partial charge in [-0.1, -0.05) is 60.7 Å². The predicted molar refractivity (Wildman–Crippen MR) is 218 cm³/mol. The Balaban J connectivity index is 0. The number of hydrogen-bond acceptors (Lipinski definition) is 26. The summed E-state index contributed by atoms with van der Waals surface area (Å²) in [5.41, 5.74) is 10.0. The molecule has 6 heterocycles. The molecule has 1 aromatic carbocycles. The van der Waals surface area contributed by atoms with Gasteiger partial charge in [0.1, 0.15) is 0 Å². The van der Waals surface area contributed by atoms with E-state index in [2.05, 4.69) is 115 Å². The number of nitriles is 2. The maximum absolute atomic E-state index is 8.49. The molecule has 2 radical (unpaired) electrons. The van der Waals surface area contributed by atoms with E-state index < -0.39 is 41.0 Å². The SMILES string of the molecule is CC#N.CC#N.[Cu+2].[Cu+2].[O-][Cl+3]([O-])([O-])[O-].[O-][Cl+3]([O-])([O-])[O-].[O-][Cl+3]([O-])([O-])[O-].[O-][Cl+3]([O-])([O-])[O-].c1ccc(CN(Cc2ccccn2)Cc2cccc(-c3ccc(-c4cccc(CN(Cc5ccccn5)Cc5ccccn5)n4)cc3)n2)nc1. The molecule has 0 unspecified atom stereocenters. The maximum atomic E-state index is 8.49. The summed E-state index contributed by atoms with van der Waals surface area (Å²) in [6.07, 6.45) is 7.35. The minimum absolute atomic E-state index is 0. The van der Waals surface area contributed by atoms with Crippen LogP contribution in [0.1, 0.15) is 48.0 Å². The monoisotopic (exact) mass is 1260 g/mol. The third kappa shape index (κ3) is 43.5. The molecule has 78 heavy (non-hydrogen) atoms. The van der Waals surface area contributed by atoms with Crippen LogP contribution < -0.4 is 74.5 Å². The van der Waals surface area contributed by atoms with Gasteiger partial charge < -0.3 is 0 Å². The molecule has 0 N–H and O–H groups in total. The molecular weight excluding hydrogens is 1220 g/mol. The molecule has 0 amide bonds. The van der Waals surface area contributed by atoms with E-state index in [1.165, 1.54) is 13.8 Å². The van der Waals surface area contributed by atoms with Gasteiger partial charge in [-0.15, -0.1) is 41.0 Å². The van der Waals surface area contributed by atoms with Gasteiger partial charge in [0, 0.05) is 89.0 Å². The third-order valence-corrected chi connectivity index (χ3v) is 8.31. The Morgan fingerprint density at radius 2 is 0.526 bits per heavy atom. The topological polar surface area (TPSA) is 500 Å². The average molecular weight is 1260 g/mol. The van der Waals surface area contributed by atoms with E-state index in [0.717, 1.165) is 56.7 Å². The zero-order valence-electron chi connectivity index (χ0n) is 40.4. The van der Waals surface area contributed by atoms with Crippen LogP contribution in [0.4, 0.5) is 0 Å². The largest absolute Gasteiger partial charge is 2.00 e. The molecule has 0 aliphatic heterocycles. The van der Waals surface area contributed by atoms with Gasteiger partial charge >= 0.3 is 34.1 Å². The molecular formula is C46H44Cl4Cu2N10O16. The maximum Gasteiger partial charge on any atom is 2.00 e. The van der Waals surface area contributed by atoms with Crippen molar-refractivity contribution in [2.24, 2.45) is 0 Å². The minimum atomic E-state index is -4.94. The van der Waals surface area contributed by atoms with Crippen molar-refractivity contribution in [1.82, 2.24) is 39.7 Å². The summed E-state index contributed by atoms with van der Waals surface area (Å²) >= 11 is 0. The van der Waals surface area contributed by atoms with Crippen molar-refractivity contribution in [3.8, 4) is 34.7 Å². The number of halogens is 4. The molecule has 0 atom stereocenters. The van der Waals surface area contributed by atoms with Crippen LogP contribution in [0, 0.1) is 63.6 Å². The predicted octanol–water partition coefficient (Wildman–Crippen LogP) is -10.2. The Kier molecular flexibility index (Phi) is 38.1. The molecule has 7 aromatic rings. The first-order valence-corrected chi connectivity index (χ1v) is 25.7. The van der Waals surface area contributed by atoms with E-state index in [-0.39, 0.29) is 34.1 Å². The summed E-state index contributed by atoms with van der Waals surface area (Å²) in [5, 5.41) is 14.6. The van der Waals surface area contributed by atoms with Crippen molar-refractivity contribution in [2.75, 3.05) is 0 Å². The van der Waals surface area contributed by atoms with Crippen LogP contribution in [0.15, 0.2) is 158 Å². The van der Waals surface area contributed by atoms with Gasteiger partial charge in [-0.05, 0) is 72.8 Å². The Morgan fingerprint density at radius 3 is 0.718 bits per heavy atom. The minimum Gasteiger partial charge on any atom is -0.286 e. The molecule has 0 bridgehead atoms. The summed E-state index contributed by atoms with van der Waals surface area (Å²) < 4.78 is 136. The zero-order valence-corrected chi connectivity index (χ0v) is 45.3. The molecule has 424 valence electrons. The molecule has 32 heteroatoms. The molecule has 0 saturated carbocycles. The summed E-state index contributed by atoms with van der Waals surface area (Å²) in [7, 11) is -19.8. The summed E-state index contributed by atoms with van der Waals surface area (Å²) in [6.45, 7) is 7.02. The van der Waals surface area contributed by atoms with Crippen molar-refractivity contribution in [3.05, 3.63) is 192 Å². The van der Waals surface area contributed by atoms with Gasteiger partial charge in [-0.3, -0.25) is 39.7 Å². The van der Waals surface area contributed by atoms with Crippen molar-refractivity contribution in [3.63, 3.8) is 0 Å². The van der Waals surface area contributed by atoms with Crippen molar-refractivity contribution in [1.29, 1.82) is 10.5 Å². The Morgan fingerprint density at radius 1 is 0.333 bits per heavy atom. The standard InChI is InChI=1S/C42H38N8.2C2H3N.4ClHO4.2Cu/c1-5-23-43-35(11-1)27-49(28-36-12-2-6-24-44-36)31-39-15-9-17-41(47-39)33-19-21-34(22-20-33)42-18-10-16-40(48-42)32-50(29-37-13-3-7-25-45-37)30-38-14-4-8-26-46-38;2*1-2-3;4*2-1(3,4)5;;/h1-26H,27-32H2;2*1H3;4*(H,2,3,4,5);;/q;;;;;;;2*+2/p-4. The van der Waals surface area contributed by atoms with Crippen LogP contribution in [0.3, 0.4) is 0 Å². The molecule has 0 fully saturated rings. The quantitative estimate of drug-likeness (QED) is 0.0912. The number of hydrogen-bond donors (Lipinski definition) is 0. The van der Waals surface area contributed by atoms with Crippen molar-refractivity contribution in [2.45, 2.75) is 53.1 Å². The first-order valence-electron chi connectivity index (χ1n) is 20.7. The molecule has 26 nitrogen and oxygen atoms in total. The second-order valence-corrected chi connectivity index (χ2v) is 17.2. The molecule has 0 saturated heterocycles. The smallest absolute Gasteiger partial charge is 0.286 e. The molecule has 0 aliphatic rings. The van der Waals surface area contributed by atoms with Crippen molar-refractivity contribution < 1.29 is 150 Å². The first kappa shape index (κ1) is 74.7. The van der Waals surface area contributed by atoms with E-state index in [0.29, 0.717) is 39.3 Å². The second-order valence-electron chi connectivity index (χ2n) is 14.1. The number of benzene rings is 1. The number of pyridine rings is 6. The fraction of sp³-hybridized carbons (Fsp3) is 0.174. The average Bonchev–Trinajstić information content (AvgIpc) is 3.32. The second kappa shape index (κ2) is 39.9. The fourth-order valence-electron chi connectivity index (χ4n) is 5.95. The van der Waals surface area contributed by atoms with Crippen LogP contribution in [0.5, 0.6) is 0 Å². The van der Waals surface area contributed by atoms with E-state index in [1.54, 1.807) is 12.1 Å². The summed E-state index contributed by atoms with van der Waals surface area (Å²) in [4.78, 5) is 33.0. The van der Waals surface area contributed by atoms with Gasteiger partial charge in [-0.2, -0.15) is 10.5 Å². The summed E-state index contributed by atoms with van der Waals surface area (Å²) in [6, 6.07) is 48.6. The molecule has 6 aromatic heterocycles. The van der Waals surface area contributed by atoms with E-state index in [1.807, 2.05) is 73.3 Å². The van der Waals surface area contributed by atoms with E-state index in [9.17, 15) is 0 Å². The fourth-order valence-corrected chi connectivity index (χ4v) is 5.95. The number of rotatable bonds is 14. The van der Waals surface area contributed by atoms with Crippen LogP contribution in [-0.2, 0) is 73.4 Å². The van der Waals surface area contributed by atoms with Gasteiger partial charge in [0.15, 0.2) is 0 Å². The van der Waals surface area contributed by atoms with E-state index >= 15 is 0 Å². The van der Waals surface area contributed by atoms with Gasteiger partial charge in [0.05, 0.1) is 57.7 Å². The molecule has 0 aliphatic carbocycles. The van der Waals surface area contributed by atoms with Gasteiger partial charge in [0.25, 0.3) is 0 Å². The summed E-state index contributed by atoms with van der Waals surface area (Å²) in [5.74, 6) is 0. The van der Waals surface area contributed by atoms with Crippen LogP contribution in [-0.4, -0.2) is 39.7 Å². The van der Waals surface area contributed by atoms with Crippen LogP contribution in [0.25, 0.3) is 22.5 Å². The normalized spacial score (nSPS) is 10.5. The first-order chi connectivity index (χ1) is 35.6. The van der Waals surface area contributed by atoms with Gasteiger partial charge in [0.2, 0.25) is 0 Å². The Labute approximate surface area is 477 Å². The molecule has 7 rings (SSSR count). The Hall–Kier alpha value is -5.42. The zero-order chi connectivity index (χ0) is 57.2. The molecule has 0 spiro atoms. The number of aromatic nitrogens is 6. The van der Waals surface area contributed by atoms with Crippen molar-refractivity contribution >= 4 is 0 Å². The third-order valence-electron chi connectivity index (χ3n) is 8.31. The van der Waals surface area contributed by atoms with E-state index in [4.69, 9.17) is 95.0 Å². The van der Waals surface area contributed by atoms with Gasteiger partial charge in [-0.25, -0.2) is 74.5 Å². The van der Waals surface area contributed by atoms with Crippen LogP contribution in [0.2, 0.25) is 0 Å².